The van der Waals surface area contributed by atoms with Gasteiger partial charge in [0.05, 0.1) is 6.61 Å². The smallest absolute Gasteiger partial charge is 0.0616 e. The third kappa shape index (κ3) is 4.86. The van der Waals surface area contributed by atoms with Gasteiger partial charge in [0.2, 0.25) is 0 Å². The molecule has 0 bridgehead atoms. The Kier molecular flexibility index (Phi) is 6.19. The Hall–Kier alpha value is -0.900. The Bertz CT molecular complexity index is 322. The van der Waals surface area contributed by atoms with Gasteiger partial charge in [-0.15, -0.1) is 0 Å². The van der Waals surface area contributed by atoms with Gasteiger partial charge in [0.25, 0.3) is 0 Å². The van der Waals surface area contributed by atoms with Crippen LogP contribution in [0.5, 0.6) is 0 Å². The van der Waals surface area contributed by atoms with Crippen LogP contribution in [0, 0.1) is 6.92 Å². The highest BCUT2D eigenvalue weighted by atomic mass is 16.5. The van der Waals surface area contributed by atoms with Crippen LogP contribution in [-0.2, 0) is 4.74 Å². The number of nitrogens with one attached hydrogen (secondary N) is 1. The van der Waals surface area contributed by atoms with E-state index in [0.717, 1.165) is 0 Å². The van der Waals surface area contributed by atoms with Gasteiger partial charge in [-0.25, -0.2) is 0 Å². The van der Waals surface area contributed by atoms with Crippen LogP contribution in [0.2, 0.25) is 0 Å². The van der Waals surface area contributed by atoms with Crippen molar-refractivity contribution in [3.63, 3.8) is 0 Å². The topological polar surface area (TPSA) is 41.5 Å². The van der Waals surface area contributed by atoms with Gasteiger partial charge in [0.15, 0.2) is 0 Å². The van der Waals surface area contributed by atoms with E-state index in [1.54, 1.807) is 7.11 Å². The van der Waals surface area contributed by atoms with E-state index in [1.165, 1.54) is 11.1 Å². The maximum absolute atomic E-state index is 9.00. The molecule has 2 unspecified atom stereocenters. The lowest BCUT2D eigenvalue weighted by atomic mass is 10.0. The summed E-state index contributed by atoms with van der Waals surface area (Å²) in [5.41, 5.74) is 2.53. The number of benzene rings is 1. The fourth-order valence-electron chi connectivity index (χ4n) is 1.96. The van der Waals surface area contributed by atoms with Crippen molar-refractivity contribution in [3.8, 4) is 0 Å². The fraction of sp³-hybridized carbons (Fsp3) is 0.571. The molecule has 0 aliphatic heterocycles. The van der Waals surface area contributed by atoms with E-state index in [0.29, 0.717) is 13.0 Å². The zero-order valence-corrected chi connectivity index (χ0v) is 10.9. The summed E-state index contributed by atoms with van der Waals surface area (Å²) in [6.07, 6.45) is 0.712. The van der Waals surface area contributed by atoms with Crippen LogP contribution in [-0.4, -0.2) is 31.5 Å². The molecule has 3 nitrogen and oxygen atoms in total. The van der Waals surface area contributed by atoms with E-state index in [1.807, 2.05) is 0 Å². The molecule has 0 aliphatic carbocycles. The van der Waals surface area contributed by atoms with E-state index in [9.17, 15) is 0 Å². The molecule has 3 heteroatoms. The highest BCUT2D eigenvalue weighted by Crippen LogP contribution is 2.15. The zero-order chi connectivity index (χ0) is 12.7. The lowest BCUT2D eigenvalue weighted by molar-refractivity contribution is 0.143. The summed E-state index contributed by atoms with van der Waals surface area (Å²) < 4.78 is 5.14. The van der Waals surface area contributed by atoms with Crippen LogP contribution in [0.1, 0.15) is 30.5 Å². The minimum absolute atomic E-state index is 0.182. The average Bonchev–Trinajstić information content (AvgIpc) is 2.29. The number of ether oxygens (including phenoxy) is 1. The Balaban J connectivity index is 2.59. The normalized spacial score (nSPS) is 14.6. The average molecular weight is 237 g/mol. The first-order valence-electron chi connectivity index (χ1n) is 6.09. The van der Waals surface area contributed by atoms with Gasteiger partial charge >= 0.3 is 0 Å². The predicted octanol–water partition coefficient (Wildman–Crippen LogP) is 2.04. The second-order valence-electron chi connectivity index (χ2n) is 4.47. The summed E-state index contributed by atoms with van der Waals surface area (Å²) in [6.45, 7) is 5.03. The molecule has 0 saturated carbocycles. The standard InChI is InChI=1S/C14H23NO2/c1-11-5-4-6-13(9-11)12(2)15-14(7-8-16)10-17-3/h4-6,9,12,14-16H,7-8,10H2,1-3H3. The number of methoxy groups -OCH3 is 1. The molecular formula is C14H23NO2. The molecular weight excluding hydrogens is 214 g/mol. The summed E-state index contributed by atoms with van der Waals surface area (Å²) in [5.74, 6) is 0. The molecule has 0 aliphatic rings. The van der Waals surface area contributed by atoms with E-state index in [2.05, 4.69) is 43.4 Å². The van der Waals surface area contributed by atoms with Crippen LogP contribution < -0.4 is 5.32 Å². The first kappa shape index (κ1) is 14.2. The number of aliphatic hydroxyl groups excluding tert-OH is 1. The molecule has 96 valence electrons. The molecule has 1 aromatic rings. The molecule has 2 atom stereocenters. The molecule has 0 amide bonds. The van der Waals surface area contributed by atoms with Crippen LogP contribution in [0.4, 0.5) is 0 Å². The van der Waals surface area contributed by atoms with Gasteiger partial charge in [-0.05, 0) is 25.8 Å². The molecule has 0 spiro atoms. The van der Waals surface area contributed by atoms with Crippen LogP contribution in [0.25, 0.3) is 0 Å². The van der Waals surface area contributed by atoms with Gasteiger partial charge in [-0.1, -0.05) is 29.8 Å². The van der Waals surface area contributed by atoms with Crippen molar-refractivity contribution in [2.75, 3.05) is 20.3 Å². The summed E-state index contributed by atoms with van der Waals surface area (Å²) in [5, 5.41) is 12.5. The van der Waals surface area contributed by atoms with Gasteiger partial charge < -0.3 is 15.2 Å². The molecule has 1 rings (SSSR count). The van der Waals surface area contributed by atoms with E-state index in [-0.39, 0.29) is 18.7 Å². The largest absolute Gasteiger partial charge is 0.396 e. The van der Waals surface area contributed by atoms with E-state index < -0.39 is 0 Å². The van der Waals surface area contributed by atoms with Crippen LogP contribution in [0.15, 0.2) is 24.3 Å². The number of rotatable bonds is 7. The Morgan fingerprint density at radius 2 is 2.18 bits per heavy atom. The molecule has 17 heavy (non-hydrogen) atoms. The summed E-state index contributed by atoms with van der Waals surface area (Å²) >= 11 is 0. The minimum Gasteiger partial charge on any atom is -0.396 e. The molecule has 0 heterocycles. The second kappa shape index (κ2) is 7.43. The van der Waals surface area contributed by atoms with Crippen molar-refractivity contribution >= 4 is 0 Å². The molecule has 0 aromatic heterocycles. The Morgan fingerprint density at radius 3 is 2.76 bits per heavy atom. The van der Waals surface area contributed by atoms with Crippen molar-refractivity contribution in [1.82, 2.24) is 5.32 Å². The van der Waals surface area contributed by atoms with Crippen molar-refractivity contribution < 1.29 is 9.84 Å². The van der Waals surface area contributed by atoms with Gasteiger partial charge in [-0.3, -0.25) is 0 Å². The molecule has 1 aromatic carbocycles. The second-order valence-corrected chi connectivity index (χ2v) is 4.47. The number of aliphatic hydroxyl groups is 1. The molecule has 0 fully saturated rings. The van der Waals surface area contributed by atoms with E-state index >= 15 is 0 Å². The maximum Gasteiger partial charge on any atom is 0.0616 e. The monoisotopic (exact) mass is 237 g/mol. The molecule has 0 saturated heterocycles. The third-order valence-electron chi connectivity index (χ3n) is 2.87. The minimum atomic E-state index is 0.182. The summed E-state index contributed by atoms with van der Waals surface area (Å²) in [6, 6.07) is 8.92. The summed E-state index contributed by atoms with van der Waals surface area (Å²) in [4.78, 5) is 0. The number of hydrogen-bond acceptors (Lipinski definition) is 3. The van der Waals surface area contributed by atoms with Gasteiger partial charge in [0, 0.05) is 25.8 Å². The molecule has 2 N–H and O–H groups in total. The lowest BCUT2D eigenvalue weighted by Gasteiger charge is -2.22. The quantitative estimate of drug-likeness (QED) is 0.762. The number of hydrogen-bond donors (Lipinski definition) is 2. The third-order valence-corrected chi connectivity index (χ3v) is 2.87. The van der Waals surface area contributed by atoms with Gasteiger partial charge in [-0.2, -0.15) is 0 Å². The Morgan fingerprint density at radius 1 is 1.41 bits per heavy atom. The van der Waals surface area contributed by atoms with Gasteiger partial charge in [0.1, 0.15) is 0 Å². The van der Waals surface area contributed by atoms with Crippen molar-refractivity contribution in [2.24, 2.45) is 0 Å². The van der Waals surface area contributed by atoms with Crippen LogP contribution in [0.3, 0.4) is 0 Å². The Labute approximate surface area is 104 Å². The highest BCUT2D eigenvalue weighted by molar-refractivity contribution is 5.24. The first-order chi connectivity index (χ1) is 8.17. The SMILES string of the molecule is COCC(CCO)NC(C)c1cccc(C)c1. The van der Waals surface area contributed by atoms with Crippen molar-refractivity contribution in [2.45, 2.75) is 32.4 Å². The lowest BCUT2D eigenvalue weighted by Crippen LogP contribution is -2.36. The maximum atomic E-state index is 9.00. The molecule has 0 radical (unpaired) electrons. The summed E-state index contributed by atoms with van der Waals surface area (Å²) in [7, 11) is 1.68. The van der Waals surface area contributed by atoms with Crippen LogP contribution >= 0.6 is 0 Å². The predicted molar refractivity (Wildman–Crippen MR) is 70.1 cm³/mol. The van der Waals surface area contributed by atoms with Crippen molar-refractivity contribution in [1.29, 1.82) is 0 Å². The number of aryl methyl sites for hydroxylation is 1. The zero-order valence-electron chi connectivity index (χ0n) is 10.9. The van der Waals surface area contributed by atoms with Crippen molar-refractivity contribution in [3.05, 3.63) is 35.4 Å². The first-order valence-corrected chi connectivity index (χ1v) is 6.09. The highest BCUT2D eigenvalue weighted by Gasteiger charge is 2.12. The van der Waals surface area contributed by atoms with E-state index in [4.69, 9.17) is 9.84 Å². The fourth-order valence-corrected chi connectivity index (χ4v) is 1.96.